The molecule has 3 fully saturated rings. The van der Waals surface area contributed by atoms with Crippen LogP contribution in [0.25, 0.3) is 0 Å². The molecule has 5 rings (SSSR count). The number of benzene rings is 2. The van der Waals surface area contributed by atoms with E-state index in [-0.39, 0.29) is 47.1 Å². The summed E-state index contributed by atoms with van der Waals surface area (Å²) in [6.45, 7) is 38.4. The molecule has 0 atom stereocenters. The maximum Gasteiger partial charge on any atom is 0.497 e. The van der Waals surface area contributed by atoms with Crippen LogP contribution in [0.1, 0.15) is 147 Å². The molecular weight excluding hydrogens is 867 g/mol. The second kappa shape index (κ2) is 19.0. The maximum absolute atomic E-state index is 14.9. The van der Waals surface area contributed by atoms with Crippen molar-refractivity contribution >= 4 is 54.7 Å². The summed E-state index contributed by atoms with van der Waals surface area (Å²) in [6, 6.07) is 6.81. The van der Waals surface area contributed by atoms with E-state index in [1.807, 2.05) is 83.1 Å². The fourth-order valence-electron chi connectivity index (χ4n) is 5.94. The zero-order chi connectivity index (χ0) is 47.8. The first-order valence-corrected chi connectivity index (χ1v) is 21.8. The number of nitrogens with one attached hydrogen (secondary N) is 2. The summed E-state index contributed by atoms with van der Waals surface area (Å²) < 4.78 is 74.9. The highest BCUT2D eigenvalue weighted by Gasteiger charge is 2.63. The maximum atomic E-state index is 14.9. The minimum Gasteiger partial charge on any atom is -0.444 e. The summed E-state index contributed by atoms with van der Waals surface area (Å²) in [6.07, 6.45) is -1.04. The van der Waals surface area contributed by atoms with E-state index < -0.39 is 55.7 Å². The van der Waals surface area contributed by atoms with Gasteiger partial charge < -0.3 is 48.0 Å². The van der Waals surface area contributed by atoms with Gasteiger partial charge in [0.25, 0.3) is 0 Å². The van der Waals surface area contributed by atoms with E-state index in [1.54, 1.807) is 79.7 Å². The fraction of sp³-hybridized carbons (Fsp3) is 0.682. The highest BCUT2D eigenvalue weighted by Crippen LogP contribution is 2.43. The SMILES string of the molecule is CC1(C)OB(B2OC(C)(C)C(C)(C)O2)OC1(C)C.Cc1c(CNC(=O)OC(C)(C)C)ccc(B2OC(C)(C)C(C)(C)O2)c1F.Cc1c(CNC(=O)OC(C)(C)C)ccc(Br)c1F. The van der Waals surface area contributed by atoms with Crippen LogP contribution in [0, 0.1) is 25.5 Å². The van der Waals surface area contributed by atoms with Crippen molar-refractivity contribution in [3.05, 3.63) is 62.6 Å². The van der Waals surface area contributed by atoms with E-state index in [9.17, 15) is 18.4 Å². The van der Waals surface area contributed by atoms with Gasteiger partial charge in [0.1, 0.15) is 22.8 Å². The molecule has 2 aromatic carbocycles. The summed E-state index contributed by atoms with van der Waals surface area (Å²) in [7, 11) is -1.71. The van der Waals surface area contributed by atoms with Crippen molar-refractivity contribution in [2.24, 2.45) is 0 Å². The fourth-order valence-corrected chi connectivity index (χ4v) is 6.37. The van der Waals surface area contributed by atoms with Crippen LogP contribution in [0.2, 0.25) is 0 Å². The van der Waals surface area contributed by atoms with E-state index in [0.29, 0.717) is 26.6 Å². The van der Waals surface area contributed by atoms with Gasteiger partial charge in [0, 0.05) is 18.6 Å². The molecule has 62 heavy (non-hydrogen) atoms. The van der Waals surface area contributed by atoms with Crippen molar-refractivity contribution in [3.63, 3.8) is 0 Å². The Kier molecular flexibility index (Phi) is 16.4. The van der Waals surface area contributed by atoms with Gasteiger partial charge in [0.2, 0.25) is 0 Å². The Hall–Kier alpha value is -2.73. The van der Waals surface area contributed by atoms with Crippen molar-refractivity contribution in [3.8, 4) is 0 Å². The lowest BCUT2D eigenvalue weighted by Gasteiger charge is -2.32. The van der Waals surface area contributed by atoms with Crippen molar-refractivity contribution in [1.82, 2.24) is 10.6 Å². The average molecular weight is 937 g/mol. The molecular formula is C44H70B3BrF2N2O10. The van der Waals surface area contributed by atoms with Gasteiger partial charge in [-0.05, 0) is 183 Å². The lowest BCUT2D eigenvalue weighted by molar-refractivity contribution is 0.00578. The number of hydrogen-bond donors (Lipinski definition) is 2. The molecule has 3 heterocycles. The van der Waals surface area contributed by atoms with Crippen LogP contribution in [0.15, 0.2) is 28.7 Å². The number of alkyl carbamates (subject to hydrolysis) is 2. The second-order valence-electron chi connectivity index (χ2n) is 20.9. The molecule has 2 aromatic rings. The van der Waals surface area contributed by atoms with Crippen molar-refractivity contribution in [1.29, 1.82) is 0 Å². The van der Waals surface area contributed by atoms with Gasteiger partial charge in [-0.25, -0.2) is 18.4 Å². The first kappa shape index (κ1) is 53.6. The number of carbonyl (C=O) groups excluding carboxylic acids is 2. The predicted octanol–water partition coefficient (Wildman–Crippen LogP) is 9.63. The molecule has 0 spiro atoms. The summed E-state index contributed by atoms with van der Waals surface area (Å²) in [5.74, 6) is -0.689. The van der Waals surface area contributed by atoms with Crippen molar-refractivity contribution in [2.75, 3.05) is 0 Å². The number of hydrogen-bond acceptors (Lipinski definition) is 10. The molecule has 0 aromatic heterocycles. The first-order valence-electron chi connectivity index (χ1n) is 21.0. The molecule has 0 unspecified atom stereocenters. The molecule has 0 saturated carbocycles. The van der Waals surface area contributed by atoms with Crippen LogP contribution in [0.4, 0.5) is 18.4 Å². The van der Waals surface area contributed by atoms with Crippen LogP contribution in [0.5, 0.6) is 0 Å². The van der Waals surface area contributed by atoms with Crippen LogP contribution >= 0.6 is 15.9 Å². The predicted molar refractivity (Wildman–Crippen MR) is 244 cm³/mol. The normalized spacial score (nSPS) is 20.4. The average Bonchev–Trinajstić information content (AvgIpc) is 3.55. The summed E-state index contributed by atoms with van der Waals surface area (Å²) >= 11 is 3.11. The Balaban J connectivity index is 0.000000255. The molecule has 2 N–H and O–H groups in total. The summed E-state index contributed by atoms with van der Waals surface area (Å²) in [5.41, 5.74) is -0.893. The van der Waals surface area contributed by atoms with Gasteiger partial charge >= 0.3 is 33.3 Å². The van der Waals surface area contributed by atoms with Gasteiger partial charge in [-0.2, -0.15) is 0 Å². The molecule has 3 saturated heterocycles. The molecule has 346 valence electrons. The lowest BCUT2D eigenvalue weighted by atomic mass is 9.49. The molecule has 0 radical (unpaired) electrons. The third kappa shape index (κ3) is 13.4. The van der Waals surface area contributed by atoms with E-state index in [1.165, 1.54) is 0 Å². The number of halogens is 3. The lowest BCUT2D eigenvalue weighted by Crippen LogP contribution is -2.41. The summed E-state index contributed by atoms with van der Waals surface area (Å²) in [5, 5.41) is 5.25. The zero-order valence-corrected chi connectivity index (χ0v) is 42.3. The van der Waals surface area contributed by atoms with E-state index >= 15 is 0 Å². The van der Waals surface area contributed by atoms with Crippen molar-refractivity contribution in [2.45, 2.75) is 196 Å². The number of rotatable bonds is 6. The second-order valence-corrected chi connectivity index (χ2v) is 21.8. The highest BCUT2D eigenvalue weighted by molar-refractivity contribution is 9.10. The highest BCUT2D eigenvalue weighted by atomic mass is 79.9. The smallest absolute Gasteiger partial charge is 0.444 e. The van der Waals surface area contributed by atoms with Gasteiger partial charge in [-0.15, -0.1) is 0 Å². The van der Waals surface area contributed by atoms with Gasteiger partial charge in [-0.3, -0.25) is 0 Å². The van der Waals surface area contributed by atoms with Crippen LogP contribution in [-0.2, 0) is 50.5 Å². The van der Waals surface area contributed by atoms with Crippen LogP contribution in [-0.4, -0.2) is 78.1 Å². The largest absolute Gasteiger partial charge is 0.497 e. The number of amides is 2. The zero-order valence-electron chi connectivity index (χ0n) is 40.7. The molecule has 3 aliphatic heterocycles. The Morgan fingerprint density at radius 2 is 0.871 bits per heavy atom. The Bertz CT molecular complexity index is 1850. The Morgan fingerprint density at radius 1 is 0.565 bits per heavy atom. The topological polar surface area (TPSA) is 132 Å². The number of ether oxygens (including phenoxy) is 2. The Labute approximate surface area is 378 Å². The molecule has 0 aliphatic carbocycles. The van der Waals surface area contributed by atoms with Gasteiger partial charge in [-0.1, -0.05) is 18.2 Å². The monoisotopic (exact) mass is 936 g/mol. The van der Waals surface area contributed by atoms with Crippen LogP contribution in [0.3, 0.4) is 0 Å². The van der Waals surface area contributed by atoms with Crippen molar-refractivity contribution < 1.29 is 55.8 Å². The third-order valence-electron chi connectivity index (χ3n) is 11.9. The third-order valence-corrected chi connectivity index (χ3v) is 12.5. The number of carbonyl (C=O) groups is 2. The molecule has 3 aliphatic rings. The van der Waals surface area contributed by atoms with Gasteiger partial charge in [0.15, 0.2) is 0 Å². The molecule has 12 nitrogen and oxygen atoms in total. The van der Waals surface area contributed by atoms with Crippen LogP contribution < -0.4 is 16.1 Å². The van der Waals surface area contributed by atoms with E-state index in [2.05, 4.69) is 26.6 Å². The van der Waals surface area contributed by atoms with Gasteiger partial charge in [0.05, 0.1) is 38.1 Å². The summed E-state index contributed by atoms with van der Waals surface area (Å²) in [4.78, 5) is 23.2. The molecule has 2 amide bonds. The Morgan fingerprint density at radius 3 is 1.21 bits per heavy atom. The minimum absolute atomic E-state index is 0.182. The first-order chi connectivity index (χ1) is 27.8. The quantitative estimate of drug-likeness (QED) is 0.270. The molecule has 18 heteroatoms. The van der Waals surface area contributed by atoms with E-state index in [0.717, 1.165) is 5.56 Å². The van der Waals surface area contributed by atoms with E-state index in [4.69, 9.17) is 37.4 Å². The minimum atomic E-state index is -0.758. The standard InChI is InChI=1S/C19H29BFNO4.C13H17BrFNO2.C12H24B2O4/c1-12-13(11-22-16(23)24-17(2,3)4)9-10-14(15(12)21)20-25-18(5,6)19(7,8)26-20;1-8-9(5-6-10(14)11(8)15)7-16-12(17)18-13(2,3)4;1-9(2)10(3,4)16-13(15-9)14-17-11(5,6)12(7,8)18-14/h9-10H,11H2,1-8H3,(H,22,23);5-6H,7H2,1-4H3,(H,16,17);1-8H3. The molecule has 0 bridgehead atoms.